The van der Waals surface area contributed by atoms with Gasteiger partial charge in [-0.05, 0) is 44.0 Å². The van der Waals surface area contributed by atoms with Crippen molar-refractivity contribution < 1.29 is 4.79 Å². The second-order valence-corrected chi connectivity index (χ2v) is 9.28. The maximum atomic E-state index is 13.1. The summed E-state index contributed by atoms with van der Waals surface area (Å²) in [5.74, 6) is 0.0604. The van der Waals surface area contributed by atoms with Crippen LogP contribution in [0.15, 0.2) is 64.5 Å². The van der Waals surface area contributed by atoms with E-state index < -0.39 is 0 Å². The Kier molecular flexibility index (Phi) is 6.25. The van der Waals surface area contributed by atoms with E-state index in [-0.39, 0.29) is 17.2 Å². The Hall–Kier alpha value is -2.90. The van der Waals surface area contributed by atoms with Gasteiger partial charge in [0.15, 0.2) is 5.16 Å². The minimum absolute atomic E-state index is 0.0584. The van der Waals surface area contributed by atoms with Crippen LogP contribution < -0.4 is 10.9 Å². The number of rotatable bonds is 6. The van der Waals surface area contributed by atoms with Crippen LogP contribution in [0, 0.1) is 13.8 Å². The van der Waals surface area contributed by atoms with E-state index in [1.54, 1.807) is 4.57 Å². The number of hydrogen-bond acceptors (Lipinski definition) is 5. The fraction of sp³-hybridized carbons (Fsp3) is 0.208. The Morgan fingerprint density at radius 2 is 1.90 bits per heavy atom. The highest BCUT2D eigenvalue weighted by atomic mass is 32.2. The van der Waals surface area contributed by atoms with Crippen LogP contribution in [-0.4, -0.2) is 21.2 Å². The molecule has 0 bridgehead atoms. The molecule has 0 aliphatic rings. The Balaban J connectivity index is 1.58. The second kappa shape index (κ2) is 9.08. The van der Waals surface area contributed by atoms with Crippen molar-refractivity contribution in [1.82, 2.24) is 9.55 Å². The van der Waals surface area contributed by atoms with Crippen molar-refractivity contribution in [2.24, 2.45) is 0 Å². The van der Waals surface area contributed by atoms with Gasteiger partial charge < -0.3 is 5.32 Å². The van der Waals surface area contributed by atoms with Crippen LogP contribution >= 0.6 is 23.1 Å². The Labute approximate surface area is 189 Å². The first-order valence-corrected chi connectivity index (χ1v) is 11.9. The van der Waals surface area contributed by atoms with Gasteiger partial charge in [0, 0.05) is 17.1 Å². The number of aryl methyl sites for hydroxylation is 2. The fourth-order valence-electron chi connectivity index (χ4n) is 3.39. The summed E-state index contributed by atoms with van der Waals surface area (Å²) in [7, 11) is 0. The minimum atomic E-state index is -0.121. The van der Waals surface area contributed by atoms with Gasteiger partial charge in [0.25, 0.3) is 5.56 Å². The van der Waals surface area contributed by atoms with Crippen LogP contribution in [-0.2, 0) is 11.3 Å². The molecule has 0 fully saturated rings. The molecule has 2 aromatic heterocycles. The van der Waals surface area contributed by atoms with Crippen LogP contribution in [0.4, 0.5) is 5.69 Å². The van der Waals surface area contributed by atoms with Gasteiger partial charge in [-0.1, -0.05) is 59.8 Å². The largest absolute Gasteiger partial charge is 0.325 e. The molecule has 0 unspecified atom stereocenters. The Bertz CT molecular complexity index is 1310. The van der Waals surface area contributed by atoms with Gasteiger partial charge in [-0.2, -0.15) is 0 Å². The fourth-order valence-corrected chi connectivity index (χ4v) is 5.31. The number of fused-ring (bicyclic) bond motifs is 1. The summed E-state index contributed by atoms with van der Waals surface area (Å²) in [6, 6.07) is 17.9. The van der Waals surface area contributed by atoms with Crippen molar-refractivity contribution in [3.05, 3.63) is 76.1 Å². The molecule has 0 atom stereocenters. The lowest BCUT2D eigenvalue weighted by Crippen LogP contribution is -2.22. The Morgan fingerprint density at radius 1 is 1.13 bits per heavy atom. The molecule has 0 saturated carbocycles. The number of thioether (sulfide) groups is 1. The van der Waals surface area contributed by atoms with Gasteiger partial charge in [0.05, 0.1) is 11.3 Å². The van der Waals surface area contributed by atoms with E-state index in [0.29, 0.717) is 21.9 Å². The molecule has 4 rings (SSSR count). The summed E-state index contributed by atoms with van der Waals surface area (Å²) in [6.45, 7) is 6.41. The average molecular weight is 450 g/mol. The molecule has 1 amide bonds. The first kappa shape index (κ1) is 21.3. The van der Waals surface area contributed by atoms with Gasteiger partial charge in [0.1, 0.15) is 4.70 Å². The molecule has 7 heteroatoms. The number of nitrogens with zero attached hydrogens (tertiary/aromatic N) is 2. The third-order valence-corrected chi connectivity index (χ3v) is 7.10. The molecular formula is C24H23N3O2S2. The number of aromatic nitrogens is 2. The number of carbonyl (C=O) groups is 1. The zero-order chi connectivity index (χ0) is 22.0. The molecule has 1 N–H and O–H groups in total. The molecule has 0 saturated heterocycles. The normalized spacial score (nSPS) is 11.1. The molecule has 2 heterocycles. The highest BCUT2D eigenvalue weighted by Crippen LogP contribution is 2.32. The van der Waals surface area contributed by atoms with Gasteiger partial charge in [-0.25, -0.2) is 4.98 Å². The lowest BCUT2D eigenvalue weighted by Gasteiger charge is -2.11. The van der Waals surface area contributed by atoms with Gasteiger partial charge in [0.2, 0.25) is 5.91 Å². The van der Waals surface area contributed by atoms with Crippen LogP contribution in [0.1, 0.15) is 18.1 Å². The number of anilines is 1. The molecule has 0 aliphatic carbocycles. The number of amides is 1. The maximum absolute atomic E-state index is 13.1. The van der Waals surface area contributed by atoms with Crippen LogP contribution in [0.5, 0.6) is 0 Å². The molecule has 31 heavy (non-hydrogen) atoms. The lowest BCUT2D eigenvalue weighted by molar-refractivity contribution is -0.113. The van der Waals surface area contributed by atoms with Gasteiger partial charge in [-0.3, -0.25) is 14.2 Å². The number of thiophene rings is 1. The van der Waals surface area contributed by atoms with Crippen molar-refractivity contribution in [2.75, 3.05) is 11.1 Å². The predicted molar refractivity (Wildman–Crippen MR) is 130 cm³/mol. The van der Waals surface area contributed by atoms with Gasteiger partial charge in [-0.15, -0.1) is 11.3 Å². The zero-order valence-electron chi connectivity index (χ0n) is 17.6. The summed E-state index contributed by atoms with van der Waals surface area (Å²) < 4.78 is 2.28. The Morgan fingerprint density at radius 3 is 2.61 bits per heavy atom. The van der Waals surface area contributed by atoms with Crippen molar-refractivity contribution >= 4 is 44.9 Å². The SMILES string of the molecule is CCn1c(SCC(=O)Nc2ccc(C)cc2C)nc2cc(-c3ccccc3)sc2c1=O. The van der Waals surface area contributed by atoms with E-state index in [1.165, 1.54) is 23.1 Å². The van der Waals surface area contributed by atoms with E-state index in [2.05, 4.69) is 5.32 Å². The highest BCUT2D eigenvalue weighted by Gasteiger charge is 2.16. The van der Waals surface area contributed by atoms with E-state index in [1.807, 2.05) is 75.4 Å². The average Bonchev–Trinajstić information content (AvgIpc) is 3.19. The summed E-state index contributed by atoms with van der Waals surface area (Å²) in [6.07, 6.45) is 0. The number of nitrogens with one attached hydrogen (secondary N) is 1. The van der Waals surface area contributed by atoms with Crippen molar-refractivity contribution in [1.29, 1.82) is 0 Å². The van der Waals surface area contributed by atoms with Crippen LogP contribution in [0.2, 0.25) is 0 Å². The van der Waals surface area contributed by atoms with Crippen molar-refractivity contribution in [3.63, 3.8) is 0 Å². The molecule has 2 aromatic carbocycles. The number of hydrogen-bond donors (Lipinski definition) is 1. The third-order valence-electron chi connectivity index (χ3n) is 4.96. The standard InChI is InChI=1S/C24H23N3O2S2/c1-4-27-23(29)22-19(13-20(31-22)17-8-6-5-7-9-17)26-24(27)30-14-21(28)25-18-11-10-15(2)12-16(18)3/h5-13H,4,14H2,1-3H3,(H,25,28). The smallest absolute Gasteiger partial charge is 0.272 e. The first-order chi connectivity index (χ1) is 15.0. The first-order valence-electron chi connectivity index (χ1n) is 10.1. The van der Waals surface area contributed by atoms with E-state index in [0.717, 1.165) is 27.3 Å². The van der Waals surface area contributed by atoms with Crippen LogP contribution in [0.3, 0.4) is 0 Å². The van der Waals surface area contributed by atoms with E-state index in [4.69, 9.17) is 4.98 Å². The topological polar surface area (TPSA) is 64.0 Å². The molecular weight excluding hydrogens is 426 g/mol. The molecule has 4 aromatic rings. The van der Waals surface area contributed by atoms with Crippen LogP contribution in [0.25, 0.3) is 20.7 Å². The molecule has 5 nitrogen and oxygen atoms in total. The van der Waals surface area contributed by atoms with Crippen molar-refractivity contribution in [3.8, 4) is 10.4 Å². The highest BCUT2D eigenvalue weighted by molar-refractivity contribution is 7.99. The van der Waals surface area contributed by atoms with E-state index >= 15 is 0 Å². The third kappa shape index (κ3) is 4.57. The van der Waals surface area contributed by atoms with E-state index in [9.17, 15) is 9.59 Å². The summed E-state index contributed by atoms with van der Waals surface area (Å²) in [5.41, 5.74) is 4.66. The second-order valence-electron chi connectivity index (χ2n) is 7.29. The quantitative estimate of drug-likeness (QED) is 0.312. The minimum Gasteiger partial charge on any atom is -0.325 e. The number of carbonyl (C=O) groups excluding carboxylic acids is 1. The molecule has 0 radical (unpaired) electrons. The molecule has 0 aliphatic heterocycles. The van der Waals surface area contributed by atoms with Gasteiger partial charge >= 0.3 is 0 Å². The summed E-state index contributed by atoms with van der Waals surface area (Å²) in [4.78, 5) is 31.3. The predicted octanol–water partition coefficient (Wildman–Crippen LogP) is 5.49. The maximum Gasteiger partial charge on any atom is 0.272 e. The zero-order valence-corrected chi connectivity index (χ0v) is 19.3. The monoisotopic (exact) mass is 449 g/mol. The molecule has 0 spiro atoms. The summed E-state index contributed by atoms with van der Waals surface area (Å²) in [5, 5.41) is 3.51. The molecule has 158 valence electrons. The number of benzene rings is 2. The van der Waals surface area contributed by atoms with Crippen molar-refractivity contribution in [2.45, 2.75) is 32.5 Å². The lowest BCUT2D eigenvalue weighted by atomic mass is 10.1. The summed E-state index contributed by atoms with van der Waals surface area (Å²) >= 11 is 2.75.